The Balaban J connectivity index is 1.61. The Morgan fingerprint density at radius 2 is 1.76 bits per heavy atom. The Morgan fingerprint density at radius 3 is 2.48 bits per heavy atom. The van der Waals surface area contributed by atoms with Crippen LogP contribution in [0, 0.1) is 5.92 Å². The van der Waals surface area contributed by atoms with E-state index < -0.39 is 0 Å². The lowest BCUT2D eigenvalue weighted by Crippen LogP contribution is -2.28. The number of hydrogen-bond donors (Lipinski definition) is 2. The van der Waals surface area contributed by atoms with Crippen molar-refractivity contribution in [2.24, 2.45) is 5.92 Å². The minimum Gasteiger partial charge on any atom is -0.492 e. The average Bonchev–Trinajstić information content (AvgIpc) is 2.66. The Hall–Kier alpha value is -2.53. The maximum absolute atomic E-state index is 12.3. The number of anilines is 3. The summed E-state index contributed by atoms with van der Waals surface area (Å²) in [5, 5.41) is 6.33. The zero-order chi connectivity index (χ0) is 17.5. The number of para-hydroxylation sites is 2. The molecule has 2 N–H and O–H groups in total. The van der Waals surface area contributed by atoms with Crippen molar-refractivity contribution in [1.82, 2.24) is 0 Å². The number of ether oxygens (including phenoxy) is 2. The number of hydrogen-bond acceptors (Lipinski definition) is 4. The molecular formula is C20H24N2O3. The summed E-state index contributed by atoms with van der Waals surface area (Å²) < 4.78 is 10.9. The van der Waals surface area contributed by atoms with Gasteiger partial charge in [-0.05, 0) is 56.2 Å². The average molecular weight is 340 g/mol. The molecule has 2 aromatic carbocycles. The summed E-state index contributed by atoms with van der Waals surface area (Å²) in [5.74, 6) is 0.942. The van der Waals surface area contributed by atoms with Crippen molar-refractivity contribution in [2.75, 3.05) is 30.5 Å². The van der Waals surface area contributed by atoms with Crippen LogP contribution in [0.1, 0.15) is 19.8 Å². The van der Waals surface area contributed by atoms with E-state index in [1.165, 1.54) is 0 Å². The van der Waals surface area contributed by atoms with Gasteiger partial charge < -0.3 is 20.1 Å². The monoisotopic (exact) mass is 340 g/mol. The third kappa shape index (κ3) is 4.73. The number of amides is 1. The van der Waals surface area contributed by atoms with E-state index in [9.17, 15) is 4.79 Å². The third-order valence-electron chi connectivity index (χ3n) is 4.21. The molecule has 0 spiro atoms. The topological polar surface area (TPSA) is 59.6 Å². The number of rotatable bonds is 6. The molecule has 1 heterocycles. The first-order chi connectivity index (χ1) is 12.3. The molecule has 1 aliphatic heterocycles. The van der Waals surface area contributed by atoms with Gasteiger partial charge in [-0.25, -0.2) is 0 Å². The minimum absolute atomic E-state index is 0.0459. The van der Waals surface area contributed by atoms with Crippen LogP contribution in [0.3, 0.4) is 0 Å². The smallest absolute Gasteiger partial charge is 0.227 e. The van der Waals surface area contributed by atoms with Crippen LogP contribution in [0.5, 0.6) is 5.75 Å². The van der Waals surface area contributed by atoms with Gasteiger partial charge in [0.25, 0.3) is 0 Å². The van der Waals surface area contributed by atoms with E-state index in [2.05, 4.69) is 10.6 Å². The van der Waals surface area contributed by atoms with Crippen molar-refractivity contribution in [3.05, 3.63) is 48.5 Å². The summed E-state index contributed by atoms with van der Waals surface area (Å²) in [6.07, 6.45) is 1.58. The fourth-order valence-electron chi connectivity index (χ4n) is 2.85. The van der Waals surface area contributed by atoms with Crippen molar-refractivity contribution >= 4 is 23.0 Å². The highest BCUT2D eigenvalue weighted by molar-refractivity contribution is 5.92. The van der Waals surface area contributed by atoms with E-state index in [4.69, 9.17) is 9.47 Å². The second-order valence-electron chi connectivity index (χ2n) is 6.01. The van der Waals surface area contributed by atoms with Gasteiger partial charge in [0.2, 0.25) is 5.91 Å². The maximum Gasteiger partial charge on any atom is 0.227 e. The van der Waals surface area contributed by atoms with Gasteiger partial charge in [-0.2, -0.15) is 0 Å². The van der Waals surface area contributed by atoms with Crippen LogP contribution in [0.15, 0.2) is 48.5 Å². The highest BCUT2D eigenvalue weighted by Gasteiger charge is 2.21. The largest absolute Gasteiger partial charge is 0.492 e. The lowest BCUT2D eigenvalue weighted by atomic mass is 9.99. The van der Waals surface area contributed by atoms with Crippen molar-refractivity contribution < 1.29 is 14.3 Å². The van der Waals surface area contributed by atoms with E-state index in [1.807, 2.05) is 55.5 Å². The summed E-state index contributed by atoms with van der Waals surface area (Å²) >= 11 is 0. The first-order valence-corrected chi connectivity index (χ1v) is 8.74. The number of nitrogens with one attached hydrogen (secondary N) is 2. The third-order valence-corrected chi connectivity index (χ3v) is 4.21. The Labute approximate surface area is 148 Å². The highest BCUT2D eigenvalue weighted by Crippen LogP contribution is 2.28. The van der Waals surface area contributed by atoms with Crippen LogP contribution in [0.4, 0.5) is 17.1 Å². The van der Waals surface area contributed by atoms with Gasteiger partial charge >= 0.3 is 0 Å². The first-order valence-electron chi connectivity index (χ1n) is 8.74. The molecule has 3 rings (SSSR count). The Bertz CT molecular complexity index is 694. The van der Waals surface area contributed by atoms with Crippen LogP contribution in [-0.4, -0.2) is 25.7 Å². The SMILES string of the molecule is CCOc1ccccc1Nc1ccc(NC(=O)C2CCOCC2)cc1. The van der Waals surface area contributed by atoms with Crippen molar-refractivity contribution in [3.8, 4) is 5.75 Å². The number of benzene rings is 2. The second-order valence-corrected chi connectivity index (χ2v) is 6.01. The van der Waals surface area contributed by atoms with Crippen LogP contribution in [0.2, 0.25) is 0 Å². The van der Waals surface area contributed by atoms with E-state index in [1.54, 1.807) is 0 Å². The van der Waals surface area contributed by atoms with E-state index in [-0.39, 0.29) is 11.8 Å². The van der Waals surface area contributed by atoms with Crippen LogP contribution in [0.25, 0.3) is 0 Å². The lowest BCUT2D eigenvalue weighted by molar-refractivity contribution is -0.122. The van der Waals surface area contributed by atoms with Crippen molar-refractivity contribution in [2.45, 2.75) is 19.8 Å². The normalized spacial score (nSPS) is 14.8. The number of carbonyl (C=O) groups is 1. The molecule has 0 bridgehead atoms. The first kappa shape index (κ1) is 17.3. The molecule has 1 fully saturated rings. The van der Waals surface area contributed by atoms with Gasteiger partial charge in [0.15, 0.2) is 0 Å². The molecular weight excluding hydrogens is 316 g/mol. The minimum atomic E-state index is 0.0459. The standard InChI is InChI=1S/C20H24N2O3/c1-2-25-19-6-4-3-5-18(19)21-16-7-9-17(10-8-16)22-20(23)15-11-13-24-14-12-15/h3-10,15,21H,2,11-14H2,1H3,(H,22,23). The summed E-state index contributed by atoms with van der Waals surface area (Å²) in [4.78, 5) is 12.3. The maximum atomic E-state index is 12.3. The fraction of sp³-hybridized carbons (Fsp3) is 0.350. The molecule has 1 aliphatic rings. The molecule has 1 amide bonds. The summed E-state index contributed by atoms with van der Waals surface area (Å²) in [6, 6.07) is 15.5. The molecule has 5 heteroatoms. The van der Waals surface area contributed by atoms with E-state index in [0.717, 1.165) is 35.7 Å². The lowest BCUT2D eigenvalue weighted by Gasteiger charge is -2.21. The predicted octanol–water partition coefficient (Wildman–Crippen LogP) is 4.19. The Morgan fingerprint density at radius 1 is 1.08 bits per heavy atom. The fourth-order valence-corrected chi connectivity index (χ4v) is 2.85. The van der Waals surface area contributed by atoms with Crippen LogP contribution < -0.4 is 15.4 Å². The Kier molecular flexibility index (Phi) is 5.90. The zero-order valence-electron chi connectivity index (χ0n) is 14.5. The molecule has 5 nitrogen and oxygen atoms in total. The van der Waals surface area contributed by atoms with Gasteiger partial charge in [0.1, 0.15) is 5.75 Å². The van der Waals surface area contributed by atoms with Gasteiger partial charge in [-0.15, -0.1) is 0 Å². The number of carbonyl (C=O) groups excluding carboxylic acids is 1. The van der Waals surface area contributed by atoms with Crippen LogP contribution in [-0.2, 0) is 9.53 Å². The highest BCUT2D eigenvalue weighted by atomic mass is 16.5. The molecule has 0 aliphatic carbocycles. The molecule has 0 atom stereocenters. The molecule has 1 saturated heterocycles. The molecule has 0 aromatic heterocycles. The van der Waals surface area contributed by atoms with Gasteiger partial charge in [-0.1, -0.05) is 12.1 Å². The summed E-state index contributed by atoms with van der Waals surface area (Å²) in [6.45, 7) is 3.92. The zero-order valence-corrected chi connectivity index (χ0v) is 14.5. The van der Waals surface area contributed by atoms with Crippen LogP contribution >= 0.6 is 0 Å². The van der Waals surface area contributed by atoms with Crippen molar-refractivity contribution in [1.29, 1.82) is 0 Å². The van der Waals surface area contributed by atoms with Gasteiger partial charge in [0.05, 0.1) is 12.3 Å². The quantitative estimate of drug-likeness (QED) is 0.828. The molecule has 2 aromatic rings. The molecule has 0 radical (unpaired) electrons. The second kappa shape index (κ2) is 8.53. The van der Waals surface area contributed by atoms with Gasteiger partial charge in [-0.3, -0.25) is 4.79 Å². The van der Waals surface area contributed by atoms with Crippen molar-refractivity contribution in [3.63, 3.8) is 0 Å². The molecule has 0 saturated carbocycles. The summed E-state index contributed by atoms with van der Waals surface area (Å²) in [5.41, 5.74) is 2.67. The molecule has 25 heavy (non-hydrogen) atoms. The van der Waals surface area contributed by atoms with Gasteiger partial charge in [0, 0.05) is 30.5 Å². The molecule has 132 valence electrons. The predicted molar refractivity (Wildman–Crippen MR) is 99.5 cm³/mol. The molecule has 0 unspecified atom stereocenters. The summed E-state index contributed by atoms with van der Waals surface area (Å²) in [7, 11) is 0. The van der Waals surface area contributed by atoms with E-state index in [0.29, 0.717) is 19.8 Å². The van der Waals surface area contributed by atoms with E-state index >= 15 is 0 Å².